The smallest absolute Gasteiger partial charge is 0.308 e. The molecule has 0 aromatic heterocycles. The zero-order valence-electron chi connectivity index (χ0n) is 36.6. The number of carbonyl (C=O) groups excluding carboxylic acids is 2. The number of rotatable bonds is 13. The van der Waals surface area contributed by atoms with Gasteiger partial charge in [-0.15, -0.1) is 0 Å². The molecule has 17 nitrogen and oxygen atoms in total. The number of hydrogen-bond donors (Lipinski definition) is 4. The minimum atomic E-state index is -1.29. The van der Waals surface area contributed by atoms with E-state index in [4.69, 9.17) is 47.4 Å². The van der Waals surface area contributed by atoms with Crippen LogP contribution in [0.1, 0.15) is 80.1 Å². The first-order valence-electron chi connectivity index (χ1n) is 20.8. The topological polar surface area (TPSA) is 214 Å². The van der Waals surface area contributed by atoms with Crippen molar-refractivity contribution < 1.29 is 77.4 Å². The fourth-order valence-electron chi connectivity index (χ4n) is 9.16. The molecule has 0 saturated carbocycles. The van der Waals surface area contributed by atoms with Crippen molar-refractivity contribution in [3.63, 3.8) is 0 Å². The molecular weight excluding hydrogens is 762 g/mol. The Morgan fingerprint density at radius 3 is 2.07 bits per heavy atom. The van der Waals surface area contributed by atoms with Crippen molar-refractivity contribution in [3.05, 3.63) is 0 Å². The summed E-state index contributed by atoms with van der Waals surface area (Å²) in [6, 6.07) is -0.723. The van der Waals surface area contributed by atoms with Crippen molar-refractivity contribution in [1.82, 2.24) is 4.90 Å². The van der Waals surface area contributed by atoms with Gasteiger partial charge in [0.2, 0.25) is 0 Å². The van der Waals surface area contributed by atoms with Gasteiger partial charge in [0.05, 0.1) is 61.3 Å². The van der Waals surface area contributed by atoms with Crippen LogP contribution in [0.3, 0.4) is 0 Å². The average molecular weight is 836 g/mol. The Hall–Kier alpha value is -1.42. The highest BCUT2D eigenvalue weighted by atomic mass is 16.7. The lowest BCUT2D eigenvalue weighted by atomic mass is 9.78. The van der Waals surface area contributed by atoms with Gasteiger partial charge in [0.1, 0.15) is 36.3 Å². The summed E-state index contributed by atoms with van der Waals surface area (Å²) in [7, 11) is 9.47. The van der Waals surface area contributed by atoms with Gasteiger partial charge in [-0.2, -0.15) is 0 Å². The van der Waals surface area contributed by atoms with Crippen molar-refractivity contribution in [2.24, 2.45) is 23.7 Å². The summed E-state index contributed by atoms with van der Waals surface area (Å²) >= 11 is 0. The zero-order chi connectivity index (χ0) is 43.2. The lowest BCUT2D eigenvalue weighted by Crippen LogP contribution is -2.63. The van der Waals surface area contributed by atoms with Crippen LogP contribution >= 0.6 is 0 Å². The van der Waals surface area contributed by atoms with Crippen LogP contribution in [0.5, 0.6) is 0 Å². The largest absolute Gasteiger partial charge is 0.462 e. The first-order chi connectivity index (χ1) is 27.3. The van der Waals surface area contributed by atoms with Gasteiger partial charge in [0.15, 0.2) is 18.9 Å². The second-order valence-corrected chi connectivity index (χ2v) is 17.3. The third kappa shape index (κ3) is 11.5. The van der Waals surface area contributed by atoms with E-state index in [9.17, 15) is 30.0 Å². The van der Waals surface area contributed by atoms with Crippen LogP contribution in [0.2, 0.25) is 0 Å². The molecule has 17 heteroatoms. The van der Waals surface area contributed by atoms with E-state index < -0.39 is 127 Å². The quantitative estimate of drug-likeness (QED) is 0.117. The third-order valence-electron chi connectivity index (χ3n) is 13.0. The van der Waals surface area contributed by atoms with Gasteiger partial charge in [0, 0.05) is 59.0 Å². The van der Waals surface area contributed by atoms with Crippen molar-refractivity contribution in [1.29, 1.82) is 0 Å². The van der Waals surface area contributed by atoms with Crippen LogP contribution < -0.4 is 0 Å². The molecule has 4 saturated heterocycles. The number of ketones is 1. The fourth-order valence-corrected chi connectivity index (χ4v) is 9.16. The predicted octanol–water partition coefficient (Wildman–Crippen LogP) is 1.42. The third-order valence-corrected chi connectivity index (χ3v) is 13.0. The summed E-state index contributed by atoms with van der Waals surface area (Å²) in [5.41, 5.74) is -0.720. The predicted molar refractivity (Wildman–Crippen MR) is 207 cm³/mol. The number of cyclic esters (lactones) is 1. The van der Waals surface area contributed by atoms with Gasteiger partial charge in [-0.05, 0) is 60.0 Å². The average Bonchev–Trinajstić information content (AvgIpc) is 3.86. The van der Waals surface area contributed by atoms with Gasteiger partial charge in [-0.1, -0.05) is 20.8 Å². The Bertz CT molecular complexity index is 1290. The molecule has 0 radical (unpaired) electrons. The Labute approximate surface area is 344 Å². The molecule has 58 heavy (non-hydrogen) atoms. The van der Waals surface area contributed by atoms with Gasteiger partial charge in [-0.25, -0.2) is 0 Å². The van der Waals surface area contributed by atoms with Crippen LogP contribution in [0.15, 0.2) is 0 Å². The summed E-state index contributed by atoms with van der Waals surface area (Å²) in [6.45, 7) is 10.9. The molecule has 0 aliphatic carbocycles. The molecule has 0 amide bonds. The summed E-state index contributed by atoms with van der Waals surface area (Å²) in [6.07, 6.45) is -11.0. The highest BCUT2D eigenvalue weighted by Crippen LogP contribution is 2.48. The Kier molecular flexibility index (Phi) is 18.3. The number of aliphatic hydroxyl groups excluding tert-OH is 4. The van der Waals surface area contributed by atoms with E-state index in [1.54, 1.807) is 39.8 Å². The fraction of sp³-hybridized carbons (Fsp3) is 0.951. The van der Waals surface area contributed by atoms with E-state index >= 15 is 0 Å². The van der Waals surface area contributed by atoms with E-state index in [0.717, 1.165) is 0 Å². The van der Waals surface area contributed by atoms with Crippen molar-refractivity contribution >= 4 is 11.8 Å². The van der Waals surface area contributed by atoms with Crippen molar-refractivity contribution in [3.8, 4) is 0 Å². The van der Waals surface area contributed by atoms with Gasteiger partial charge in [-0.3, -0.25) is 9.59 Å². The first kappa shape index (κ1) is 49.2. The standard InChI is InChI=1S/C41H73NO16/c1-13-28-25(19-53-40-37(52-12)36(51-11)33(47)23(5)55-40)38-41(6,58-38)15-14-26(43)20(2)16-24(17-30(49-9)50-10)35(21(3)27(44)18-29(45)56-28)57-39-34(48)31(42(7)8)32(46)22(4)54-39/h20-25,27-28,30-40,44,46-48H,13-19H2,1-12H3/t20-,21+,22-,23-,24-,25?,27-,28-,31+,32-,33?,34-,35?,36?,37?,38?,39+,40?,41?/m1/s1. The first-order valence-corrected chi connectivity index (χ1v) is 20.8. The number of hydrogen-bond acceptors (Lipinski definition) is 17. The van der Waals surface area contributed by atoms with Crippen LogP contribution in [-0.2, 0) is 57.0 Å². The molecule has 0 bridgehead atoms. The number of likely N-dealkylation sites (N-methyl/N-ethyl adjacent to an activating group) is 1. The number of carbonyl (C=O) groups is 2. The lowest BCUT2D eigenvalue weighted by molar-refractivity contribution is -0.306. The van der Waals surface area contributed by atoms with Crippen LogP contribution in [-0.4, -0.2) is 184 Å². The molecule has 4 rings (SSSR count). The second kappa shape index (κ2) is 21.6. The molecule has 4 fully saturated rings. The SMILES string of the molecule is CC[C@H]1OC(=O)C[C@@H](O)[C@H](C)C(O[C@@H]2O[C@H](C)[C@@H](O)[C@H](N(C)C)[C@H]2O)[C@@H](CC(OC)OC)C[C@@H](C)C(=O)CCC2(C)OC2C1COC1O[C@H](C)C(O)C(OC)C1OC. The highest BCUT2D eigenvalue weighted by molar-refractivity contribution is 5.80. The molecule has 4 heterocycles. The number of esters is 1. The van der Waals surface area contributed by atoms with E-state index in [0.29, 0.717) is 19.3 Å². The molecule has 4 aliphatic rings. The number of nitrogens with zero attached hydrogens (tertiary/aromatic N) is 1. The zero-order valence-corrected chi connectivity index (χ0v) is 36.6. The molecule has 4 N–H and O–H groups in total. The number of fused-ring (bicyclic) bond motifs is 1. The summed E-state index contributed by atoms with van der Waals surface area (Å²) in [4.78, 5) is 29.5. The molecule has 0 aromatic rings. The van der Waals surface area contributed by atoms with Gasteiger partial charge in [0.25, 0.3) is 0 Å². The molecule has 4 aliphatic heterocycles. The molecule has 19 atom stereocenters. The summed E-state index contributed by atoms with van der Waals surface area (Å²) in [5, 5.41) is 44.9. The van der Waals surface area contributed by atoms with E-state index in [-0.39, 0.29) is 31.7 Å². The number of methoxy groups -OCH3 is 4. The minimum Gasteiger partial charge on any atom is -0.462 e. The number of aliphatic hydroxyl groups is 4. The number of ether oxygens (including phenoxy) is 10. The Balaban J connectivity index is 1.66. The van der Waals surface area contributed by atoms with Crippen LogP contribution in [0.4, 0.5) is 0 Å². The molecule has 0 spiro atoms. The van der Waals surface area contributed by atoms with Crippen molar-refractivity contribution in [2.75, 3.05) is 49.1 Å². The summed E-state index contributed by atoms with van der Waals surface area (Å²) in [5.74, 6) is -2.85. The second-order valence-electron chi connectivity index (χ2n) is 17.3. The van der Waals surface area contributed by atoms with Gasteiger partial charge >= 0.3 is 5.97 Å². The lowest BCUT2D eigenvalue weighted by Gasteiger charge is -2.47. The van der Waals surface area contributed by atoms with E-state index in [1.165, 1.54) is 28.4 Å². The highest BCUT2D eigenvalue weighted by Gasteiger charge is 2.59. The monoisotopic (exact) mass is 835 g/mol. The van der Waals surface area contributed by atoms with E-state index in [1.807, 2.05) is 20.8 Å². The van der Waals surface area contributed by atoms with Crippen molar-refractivity contribution in [2.45, 2.75) is 178 Å². The minimum absolute atomic E-state index is 0.00670. The molecular formula is C41H73NO16. The van der Waals surface area contributed by atoms with Crippen LogP contribution in [0.25, 0.3) is 0 Å². The molecule has 8 unspecified atom stereocenters. The molecule has 338 valence electrons. The normalized spacial score (nSPS) is 44.9. The summed E-state index contributed by atoms with van der Waals surface area (Å²) < 4.78 is 60.0. The maximum atomic E-state index is 14.0. The maximum Gasteiger partial charge on any atom is 0.308 e. The Morgan fingerprint density at radius 1 is 0.862 bits per heavy atom. The Morgan fingerprint density at radius 2 is 1.48 bits per heavy atom. The maximum absolute atomic E-state index is 14.0. The van der Waals surface area contributed by atoms with E-state index in [2.05, 4.69) is 0 Å². The molecule has 0 aromatic carbocycles. The van der Waals surface area contributed by atoms with Crippen LogP contribution in [0, 0.1) is 23.7 Å². The number of Topliss-reactive ketones (excluding diaryl/α,β-unsaturated/α-hetero) is 1. The number of epoxide rings is 1. The van der Waals surface area contributed by atoms with Gasteiger partial charge < -0.3 is 72.7 Å².